The molecule has 0 fully saturated rings. The van der Waals surface area contributed by atoms with Crippen molar-refractivity contribution < 1.29 is 14.3 Å². The number of rotatable bonds is 5. The molecule has 4 aromatic rings. The number of amides is 1. The van der Waals surface area contributed by atoms with Crippen LogP contribution in [0.25, 0.3) is 27.8 Å². The second-order valence-electron chi connectivity index (χ2n) is 10.4. The number of nitrogens with zero attached hydrogens (tertiary/aromatic N) is 4. The predicted octanol–water partition coefficient (Wildman–Crippen LogP) is 5.84. The first kappa shape index (κ1) is 24.9. The van der Waals surface area contributed by atoms with Gasteiger partial charge in [-0.05, 0) is 56.9 Å². The van der Waals surface area contributed by atoms with E-state index in [9.17, 15) is 4.79 Å². The molecule has 1 N–H and O–H groups in total. The maximum Gasteiger partial charge on any atom is 0.410 e. The van der Waals surface area contributed by atoms with Crippen LogP contribution in [-0.4, -0.2) is 50.2 Å². The Labute approximate surface area is 217 Å². The van der Waals surface area contributed by atoms with Crippen LogP contribution in [0, 0.1) is 0 Å². The van der Waals surface area contributed by atoms with Gasteiger partial charge in [0, 0.05) is 29.5 Å². The largest absolute Gasteiger partial charge is 0.494 e. The number of para-hydroxylation sites is 1. The topological polar surface area (TPSA) is 85.3 Å². The fourth-order valence-corrected chi connectivity index (χ4v) is 5.17. The van der Waals surface area contributed by atoms with E-state index in [1.807, 2.05) is 33.0 Å². The smallest absolute Gasteiger partial charge is 0.410 e. The normalized spacial score (nSPS) is 13.6. The van der Waals surface area contributed by atoms with Gasteiger partial charge in [0.15, 0.2) is 0 Å². The summed E-state index contributed by atoms with van der Waals surface area (Å²) in [4.78, 5) is 14.8. The van der Waals surface area contributed by atoms with Crippen molar-refractivity contribution in [3.05, 3.63) is 58.9 Å². The summed E-state index contributed by atoms with van der Waals surface area (Å²) in [5.74, 6) is 0.731. The van der Waals surface area contributed by atoms with Crippen molar-refractivity contribution in [1.29, 1.82) is 0 Å². The molecule has 1 aliphatic rings. The lowest BCUT2D eigenvalue weighted by Crippen LogP contribution is -2.39. The molecule has 0 aliphatic carbocycles. The van der Waals surface area contributed by atoms with Gasteiger partial charge in [0.2, 0.25) is 0 Å². The summed E-state index contributed by atoms with van der Waals surface area (Å²) in [7, 11) is 1.66. The number of H-pyrrole nitrogens is 1. The van der Waals surface area contributed by atoms with Crippen molar-refractivity contribution in [2.24, 2.45) is 0 Å². The van der Waals surface area contributed by atoms with Crippen LogP contribution in [0.3, 0.4) is 0 Å². The SMILES string of the molecule is CCc1cccc(CC)c1-n1nc2c(c1-c1ccc(OC)c3[nH]ncc13)CN(C(=O)OC(C)(C)C)CC2. The lowest BCUT2D eigenvalue weighted by Gasteiger charge is -2.30. The average Bonchev–Trinajstić information content (AvgIpc) is 3.51. The zero-order chi connectivity index (χ0) is 26.3. The van der Waals surface area contributed by atoms with E-state index in [0.29, 0.717) is 19.5 Å². The summed E-state index contributed by atoms with van der Waals surface area (Å²) < 4.78 is 13.4. The highest BCUT2D eigenvalue weighted by Crippen LogP contribution is 2.40. The van der Waals surface area contributed by atoms with Gasteiger partial charge in [-0.25, -0.2) is 9.48 Å². The Bertz CT molecular complexity index is 1440. The summed E-state index contributed by atoms with van der Waals surface area (Å²) in [6.45, 7) is 11.0. The van der Waals surface area contributed by atoms with Gasteiger partial charge in [0.05, 0.1) is 36.9 Å². The molecule has 2 aromatic carbocycles. The Hall–Kier alpha value is -3.81. The van der Waals surface area contributed by atoms with Crippen molar-refractivity contribution in [2.45, 2.75) is 66.0 Å². The molecule has 3 heterocycles. The number of carbonyl (C=O) groups excluding carboxylic acids is 1. The molecule has 0 bridgehead atoms. The first-order chi connectivity index (χ1) is 17.8. The lowest BCUT2D eigenvalue weighted by molar-refractivity contribution is 0.0224. The molecule has 37 heavy (non-hydrogen) atoms. The molecule has 0 radical (unpaired) electrons. The number of hydrogen-bond acceptors (Lipinski definition) is 5. The van der Waals surface area contributed by atoms with Crippen LogP contribution in [0.4, 0.5) is 4.79 Å². The van der Waals surface area contributed by atoms with Crippen molar-refractivity contribution in [3.8, 4) is 22.7 Å². The zero-order valence-electron chi connectivity index (χ0n) is 22.5. The van der Waals surface area contributed by atoms with E-state index in [4.69, 9.17) is 14.6 Å². The van der Waals surface area contributed by atoms with Gasteiger partial charge in [-0.2, -0.15) is 10.2 Å². The molecule has 0 saturated carbocycles. The van der Waals surface area contributed by atoms with Gasteiger partial charge in [-0.1, -0.05) is 32.0 Å². The molecule has 0 atom stereocenters. The number of methoxy groups -OCH3 is 1. The van der Waals surface area contributed by atoms with E-state index in [1.165, 1.54) is 11.1 Å². The van der Waals surface area contributed by atoms with E-state index < -0.39 is 5.60 Å². The molecular weight excluding hydrogens is 466 g/mol. The third-order valence-corrected chi connectivity index (χ3v) is 6.91. The molecule has 0 saturated heterocycles. The van der Waals surface area contributed by atoms with Gasteiger partial charge in [-0.3, -0.25) is 5.10 Å². The summed E-state index contributed by atoms with van der Waals surface area (Å²) >= 11 is 0. The molecule has 8 nitrogen and oxygen atoms in total. The highest BCUT2D eigenvalue weighted by Gasteiger charge is 2.32. The highest BCUT2D eigenvalue weighted by molar-refractivity contribution is 5.98. The molecule has 2 aromatic heterocycles. The monoisotopic (exact) mass is 501 g/mol. The van der Waals surface area contributed by atoms with E-state index in [0.717, 1.165) is 57.7 Å². The maximum absolute atomic E-state index is 13.0. The first-order valence-corrected chi connectivity index (χ1v) is 13.0. The van der Waals surface area contributed by atoms with Crippen molar-refractivity contribution in [1.82, 2.24) is 24.9 Å². The lowest BCUT2D eigenvalue weighted by atomic mass is 9.97. The van der Waals surface area contributed by atoms with Crippen LogP contribution in [0.15, 0.2) is 36.5 Å². The predicted molar refractivity (Wildman–Crippen MR) is 144 cm³/mol. The number of nitrogens with one attached hydrogen (secondary N) is 1. The van der Waals surface area contributed by atoms with E-state index in [2.05, 4.69) is 53.0 Å². The highest BCUT2D eigenvalue weighted by atomic mass is 16.6. The summed E-state index contributed by atoms with van der Waals surface area (Å²) in [6.07, 6.45) is 3.97. The van der Waals surface area contributed by atoms with E-state index in [-0.39, 0.29) is 6.09 Å². The number of aryl methyl sites for hydroxylation is 2. The molecule has 194 valence electrons. The van der Waals surface area contributed by atoms with Gasteiger partial charge in [-0.15, -0.1) is 0 Å². The van der Waals surface area contributed by atoms with Crippen LogP contribution in [0.5, 0.6) is 5.75 Å². The Morgan fingerprint density at radius 2 is 1.84 bits per heavy atom. The van der Waals surface area contributed by atoms with Gasteiger partial charge in [0.25, 0.3) is 0 Å². The second kappa shape index (κ2) is 9.57. The Morgan fingerprint density at radius 3 is 2.49 bits per heavy atom. The van der Waals surface area contributed by atoms with E-state index >= 15 is 0 Å². The molecule has 0 unspecified atom stereocenters. The summed E-state index contributed by atoms with van der Waals surface area (Å²) in [5.41, 5.74) is 7.90. The molecular formula is C29H35N5O3. The molecule has 8 heteroatoms. The number of aromatic nitrogens is 4. The van der Waals surface area contributed by atoms with Crippen molar-refractivity contribution >= 4 is 17.0 Å². The summed E-state index contributed by atoms with van der Waals surface area (Å²) in [6, 6.07) is 10.5. The van der Waals surface area contributed by atoms with Crippen LogP contribution < -0.4 is 4.74 Å². The fraction of sp³-hybridized carbons (Fsp3) is 0.414. The van der Waals surface area contributed by atoms with Crippen molar-refractivity contribution in [2.75, 3.05) is 13.7 Å². The molecule has 5 rings (SSSR count). The molecule has 1 amide bonds. The minimum absolute atomic E-state index is 0.303. The van der Waals surface area contributed by atoms with Crippen LogP contribution in [0.1, 0.15) is 57.0 Å². The third kappa shape index (κ3) is 4.45. The molecule has 1 aliphatic heterocycles. The standard InChI is InChI=1S/C29H35N5O3/c1-7-18-10-9-11-19(8-2)26(18)34-27(20-12-13-24(36-6)25-21(20)16-30-31-25)22-17-33(15-14-23(22)32-34)28(35)37-29(3,4)5/h9-13,16H,7-8,14-15,17H2,1-6H3,(H,30,31). The third-order valence-electron chi connectivity index (χ3n) is 6.91. The summed E-state index contributed by atoms with van der Waals surface area (Å²) in [5, 5.41) is 13.6. The number of hydrogen-bond donors (Lipinski definition) is 1. The zero-order valence-corrected chi connectivity index (χ0v) is 22.5. The van der Waals surface area contributed by atoms with Crippen LogP contribution >= 0.6 is 0 Å². The Kier molecular flexibility index (Phi) is 6.43. The maximum atomic E-state index is 13.0. The van der Waals surface area contributed by atoms with Gasteiger partial charge < -0.3 is 14.4 Å². The van der Waals surface area contributed by atoms with Gasteiger partial charge in [0.1, 0.15) is 16.9 Å². The van der Waals surface area contributed by atoms with Crippen molar-refractivity contribution in [3.63, 3.8) is 0 Å². The van der Waals surface area contributed by atoms with Gasteiger partial charge >= 0.3 is 6.09 Å². The fourth-order valence-electron chi connectivity index (χ4n) is 5.17. The minimum atomic E-state index is -0.556. The van der Waals surface area contributed by atoms with E-state index in [1.54, 1.807) is 12.0 Å². The quantitative estimate of drug-likeness (QED) is 0.371. The Morgan fingerprint density at radius 1 is 1.11 bits per heavy atom. The second-order valence-corrected chi connectivity index (χ2v) is 10.4. The molecule has 0 spiro atoms. The number of carbonyl (C=O) groups is 1. The number of fused-ring (bicyclic) bond motifs is 2. The average molecular weight is 502 g/mol. The van der Waals surface area contributed by atoms with Crippen LogP contribution in [-0.2, 0) is 30.5 Å². The van der Waals surface area contributed by atoms with Crippen LogP contribution in [0.2, 0.25) is 0 Å². The number of benzene rings is 2. The minimum Gasteiger partial charge on any atom is -0.494 e. The Balaban J connectivity index is 1.75. The first-order valence-electron chi connectivity index (χ1n) is 13.0. The number of aromatic amines is 1. The number of ether oxygens (including phenoxy) is 2.